The van der Waals surface area contributed by atoms with Gasteiger partial charge in [-0.1, -0.05) is 54.1 Å². The number of ether oxygens (including phenoxy) is 2. The van der Waals surface area contributed by atoms with Crippen molar-refractivity contribution in [3.8, 4) is 0 Å². The van der Waals surface area contributed by atoms with Crippen molar-refractivity contribution in [3.05, 3.63) is 101 Å². The summed E-state index contributed by atoms with van der Waals surface area (Å²) in [6, 6.07) is 20.7. The van der Waals surface area contributed by atoms with E-state index in [1.165, 1.54) is 24.3 Å². The quantitative estimate of drug-likeness (QED) is 0.490. The first-order valence-corrected chi connectivity index (χ1v) is 10.4. The number of aryl methyl sites for hydroxylation is 2. The van der Waals surface area contributed by atoms with Crippen molar-refractivity contribution in [3.63, 3.8) is 0 Å². The smallest absolute Gasteiger partial charge is 0.349 e. The summed E-state index contributed by atoms with van der Waals surface area (Å²) in [7, 11) is 0. The Morgan fingerprint density at radius 2 is 1.24 bits per heavy atom. The summed E-state index contributed by atoms with van der Waals surface area (Å²) in [6.07, 6.45) is -4.05. The van der Waals surface area contributed by atoms with Gasteiger partial charge in [0.05, 0.1) is 11.1 Å². The molecule has 8 nitrogen and oxygen atoms in total. The molecular weight excluding hydrogens is 438 g/mol. The third-order valence-electron chi connectivity index (χ3n) is 4.90. The number of carbonyl (C=O) groups is 4. The lowest BCUT2D eigenvalue weighted by molar-refractivity contribution is -0.157. The molecule has 2 N–H and O–H groups in total. The third kappa shape index (κ3) is 6.07. The van der Waals surface area contributed by atoms with E-state index in [-0.39, 0.29) is 11.1 Å². The summed E-state index contributed by atoms with van der Waals surface area (Å²) in [6.45, 7) is 3.64. The summed E-state index contributed by atoms with van der Waals surface area (Å²) in [5, 5.41) is 12.4. The molecule has 0 fully saturated rings. The highest BCUT2D eigenvalue weighted by Crippen LogP contribution is 2.19. The number of nitrogens with one attached hydrogen (secondary N) is 1. The van der Waals surface area contributed by atoms with Crippen molar-refractivity contribution in [1.29, 1.82) is 0 Å². The summed E-state index contributed by atoms with van der Waals surface area (Å²) < 4.78 is 10.4. The van der Waals surface area contributed by atoms with Crippen LogP contribution in [0, 0.1) is 13.8 Å². The Morgan fingerprint density at radius 1 is 0.735 bits per heavy atom. The topological polar surface area (TPSA) is 119 Å². The number of aliphatic carboxylic acids is 1. The summed E-state index contributed by atoms with van der Waals surface area (Å²) in [4.78, 5) is 50.4. The Labute approximate surface area is 196 Å². The fourth-order valence-corrected chi connectivity index (χ4v) is 3.17. The van der Waals surface area contributed by atoms with Gasteiger partial charge < -0.3 is 19.9 Å². The zero-order valence-corrected chi connectivity index (χ0v) is 18.6. The van der Waals surface area contributed by atoms with E-state index in [0.29, 0.717) is 5.69 Å². The van der Waals surface area contributed by atoms with Crippen molar-refractivity contribution in [2.75, 3.05) is 5.32 Å². The van der Waals surface area contributed by atoms with Gasteiger partial charge in [0.2, 0.25) is 12.2 Å². The first-order valence-electron chi connectivity index (χ1n) is 10.4. The van der Waals surface area contributed by atoms with Crippen molar-refractivity contribution in [1.82, 2.24) is 0 Å². The number of amides is 1. The predicted molar refractivity (Wildman–Crippen MR) is 123 cm³/mol. The van der Waals surface area contributed by atoms with Crippen LogP contribution in [0.25, 0.3) is 0 Å². The second-order valence-electron chi connectivity index (χ2n) is 7.53. The van der Waals surface area contributed by atoms with Crippen LogP contribution in [0.2, 0.25) is 0 Å². The molecule has 0 aliphatic heterocycles. The Hall–Kier alpha value is -4.46. The van der Waals surface area contributed by atoms with Gasteiger partial charge in [0.15, 0.2) is 0 Å². The molecule has 34 heavy (non-hydrogen) atoms. The van der Waals surface area contributed by atoms with Crippen molar-refractivity contribution < 1.29 is 33.8 Å². The van der Waals surface area contributed by atoms with E-state index in [1.54, 1.807) is 55.5 Å². The van der Waals surface area contributed by atoms with Crippen LogP contribution >= 0.6 is 0 Å². The summed E-state index contributed by atoms with van der Waals surface area (Å²) >= 11 is 0. The second-order valence-corrected chi connectivity index (χ2v) is 7.53. The predicted octanol–water partition coefficient (Wildman–Crippen LogP) is 3.78. The Balaban J connectivity index is 1.92. The zero-order valence-electron chi connectivity index (χ0n) is 18.6. The van der Waals surface area contributed by atoms with Crippen molar-refractivity contribution in [2.45, 2.75) is 26.1 Å². The lowest BCUT2D eigenvalue weighted by Crippen LogP contribution is -2.48. The second kappa shape index (κ2) is 10.9. The number of hydrogen-bond acceptors (Lipinski definition) is 6. The molecule has 1 amide bonds. The number of carboxylic acid groups (broad SMARTS) is 1. The average Bonchev–Trinajstić information content (AvgIpc) is 2.83. The molecule has 3 rings (SSSR count). The van der Waals surface area contributed by atoms with Crippen LogP contribution in [-0.2, 0) is 19.1 Å². The van der Waals surface area contributed by atoms with Crippen molar-refractivity contribution in [2.24, 2.45) is 0 Å². The lowest BCUT2D eigenvalue weighted by Gasteiger charge is -2.24. The van der Waals surface area contributed by atoms with Gasteiger partial charge in [0, 0.05) is 5.69 Å². The van der Waals surface area contributed by atoms with Gasteiger partial charge in [-0.25, -0.2) is 14.4 Å². The maximum Gasteiger partial charge on any atom is 0.349 e. The minimum atomic E-state index is -2.09. The highest BCUT2D eigenvalue weighted by molar-refractivity contribution is 6.01. The molecule has 174 valence electrons. The Bertz CT molecular complexity index is 1190. The van der Waals surface area contributed by atoms with E-state index >= 15 is 0 Å². The Morgan fingerprint density at radius 3 is 1.71 bits per heavy atom. The maximum atomic E-state index is 13.1. The molecule has 0 aromatic heterocycles. The van der Waals surface area contributed by atoms with E-state index in [1.807, 2.05) is 13.0 Å². The van der Waals surface area contributed by atoms with Crippen LogP contribution in [0.3, 0.4) is 0 Å². The molecule has 0 radical (unpaired) electrons. The van der Waals surface area contributed by atoms with E-state index < -0.39 is 36.0 Å². The number of hydrogen-bond donors (Lipinski definition) is 2. The van der Waals surface area contributed by atoms with Gasteiger partial charge in [0.1, 0.15) is 0 Å². The molecule has 0 spiro atoms. The molecule has 0 aliphatic rings. The van der Waals surface area contributed by atoms with Crippen LogP contribution < -0.4 is 5.32 Å². The zero-order chi connectivity index (χ0) is 24.7. The van der Waals surface area contributed by atoms with Crippen LogP contribution in [0.15, 0.2) is 78.9 Å². The molecule has 0 saturated heterocycles. The number of esters is 2. The van der Waals surface area contributed by atoms with Crippen LogP contribution in [0.1, 0.15) is 31.8 Å². The normalized spacial score (nSPS) is 12.2. The largest absolute Gasteiger partial charge is 0.478 e. The van der Waals surface area contributed by atoms with Gasteiger partial charge in [-0.05, 0) is 49.7 Å². The minimum Gasteiger partial charge on any atom is -0.478 e. The summed E-state index contributed by atoms with van der Waals surface area (Å²) in [5.74, 6) is -4.52. The van der Waals surface area contributed by atoms with Crippen LogP contribution in [-0.4, -0.2) is 41.1 Å². The molecule has 0 bridgehead atoms. The number of rotatable bonds is 8. The first-order chi connectivity index (χ1) is 16.3. The van der Waals surface area contributed by atoms with Gasteiger partial charge in [0.25, 0.3) is 5.91 Å². The number of benzene rings is 3. The first kappa shape index (κ1) is 24.2. The molecule has 0 saturated carbocycles. The van der Waals surface area contributed by atoms with E-state index in [2.05, 4.69) is 5.32 Å². The molecule has 8 heteroatoms. The fraction of sp³-hybridized carbons (Fsp3) is 0.154. The molecule has 3 aromatic rings. The third-order valence-corrected chi connectivity index (χ3v) is 4.90. The van der Waals surface area contributed by atoms with E-state index in [0.717, 1.165) is 11.1 Å². The molecule has 0 heterocycles. The number of carbonyl (C=O) groups excluding carboxylic acids is 3. The van der Waals surface area contributed by atoms with Gasteiger partial charge in [-0.3, -0.25) is 4.79 Å². The highest BCUT2D eigenvalue weighted by atomic mass is 16.6. The highest BCUT2D eigenvalue weighted by Gasteiger charge is 2.41. The number of anilines is 1. The molecule has 0 aliphatic carbocycles. The maximum absolute atomic E-state index is 13.1. The van der Waals surface area contributed by atoms with E-state index in [4.69, 9.17) is 9.47 Å². The standard InChI is InChI=1S/C26H23NO7/c1-16-13-14-20(17(2)15-16)27-23(28)21(33-25(31)18-9-5-3-6-10-18)22(24(29)30)34-26(32)19-11-7-4-8-12-19/h3-15,21-22H,1-2H3,(H,27,28)(H,29,30)/t21-,22-/m1/s1. The SMILES string of the molecule is Cc1ccc(NC(=O)[C@H](OC(=O)c2ccccc2)[C@@H](OC(=O)c2ccccc2)C(=O)O)c(C)c1. The fourth-order valence-electron chi connectivity index (χ4n) is 3.17. The van der Waals surface area contributed by atoms with Gasteiger partial charge >= 0.3 is 17.9 Å². The molecular formula is C26H23NO7. The minimum absolute atomic E-state index is 0.0803. The molecule has 3 aromatic carbocycles. The monoisotopic (exact) mass is 461 g/mol. The average molecular weight is 461 g/mol. The van der Waals surface area contributed by atoms with Gasteiger partial charge in [-0.15, -0.1) is 0 Å². The lowest BCUT2D eigenvalue weighted by atomic mass is 10.1. The van der Waals surface area contributed by atoms with Gasteiger partial charge in [-0.2, -0.15) is 0 Å². The van der Waals surface area contributed by atoms with E-state index in [9.17, 15) is 24.3 Å². The van der Waals surface area contributed by atoms with Crippen molar-refractivity contribution >= 4 is 29.5 Å². The number of carboxylic acids is 1. The van der Waals surface area contributed by atoms with Crippen LogP contribution in [0.4, 0.5) is 5.69 Å². The van der Waals surface area contributed by atoms with Crippen LogP contribution in [0.5, 0.6) is 0 Å². The summed E-state index contributed by atoms with van der Waals surface area (Å²) in [5.41, 5.74) is 2.26. The Kier molecular flexibility index (Phi) is 7.76. The molecule has 2 atom stereocenters. The molecule has 0 unspecified atom stereocenters.